The Morgan fingerprint density at radius 2 is 1.83 bits per heavy atom. The number of pyridine rings is 1. The summed E-state index contributed by atoms with van der Waals surface area (Å²) in [6.07, 6.45) is 3.50. The van der Waals surface area contributed by atoms with Crippen molar-refractivity contribution in [2.45, 2.75) is 18.2 Å². The van der Waals surface area contributed by atoms with Gasteiger partial charge < -0.3 is 14.4 Å². The van der Waals surface area contributed by atoms with Crippen molar-refractivity contribution in [1.29, 1.82) is 0 Å². The third-order valence-electron chi connectivity index (χ3n) is 5.60. The normalized spacial score (nSPS) is 12.4. The summed E-state index contributed by atoms with van der Waals surface area (Å²) >= 11 is 1.38. The Labute approximate surface area is 207 Å². The molecule has 35 heavy (non-hydrogen) atoms. The van der Waals surface area contributed by atoms with Crippen molar-refractivity contribution in [3.8, 4) is 22.9 Å². The smallest absolute Gasteiger partial charge is 0.233 e. The van der Waals surface area contributed by atoms with E-state index in [9.17, 15) is 4.79 Å². The first-order chi connectivity index (χ1) is 17.2. The Hall–Kier alpha value is -3.85. The van der Waals surface area contributed by atoms with Gasteiger partial charge in [-0.3, -0.25) is 14.3 Å². The minimum Gasteiger partial charge on any atom is -0.486 e. The Kier molecular flexibility index (Phi) is 6.94. The summed E-state index contributed by atoms with van der Waals surface area (Å²) in [6.45, 7) is 2.17. The van der Waals surface area contributed by atoms with Crippen LogP contribution in [0.5, 0.6) is 11.5 Å². The fourth-order valence-corrected chi connectivity index (χ4v) is 4.68. The van der Waals surface area contributed by atoms with Crippen molar-refractivity contribution in [2.24, 2.45) is 0 Å². The molecule has 0 bridgehead atoms. The van der Waals surface area contributed by atoms with Gasteiger partial charge in [-0.2, -0.15) is 0 Å². The topological polar surface area (TPSA) is 82.4 Å². The van der Waals surface area contributed by atoms with Crippen molar-refractivity contribution in [3.63, 3.8) is 0 Å². The molecule has 0 saturated carbocycles. The van der Waals surface area contributed by atoms with Gasteiger partial charge in [0.2, 0.25) is 5.91 Å². The highest BCUT2D eigenvalue weighted by molar-refractivity contribution is 7.99. The van der Waals surface area contributed by atoms with E-state index in [1.807, 2.05) is 53.1 Å². The number of amides is 1. The van der Waals surface area contributed by atoms with Crippen LogP contribution in [0.1, 0.15) is 11.1 Å². The highest BCUT2D eigenvalue weighted by Gasteiger charge is 2.19. The third-order valence-corrected chi connectivity index (χ3v) is 6.55. The fraction of sp³-hybridized carbons (Fsp3) is 0.231. The standard InChI is InChI=1S/C26H25N5O3S/c1-30(16-20-9-10-22-23(14-20)34-13-12-33-22)24(32)18-35-26-29-28-25(21-8-5-11-27-15-21)31(26)17-19-6-3-2-4-7-19/h2-11,14-15H,12-13,16-18H2,1H3. The number of aromatic nitrogens is 4. The van der Waals surface area contributed by atoms with Gasteiger partial charge in [0, 0.05) is 31.5 Å². The van der Waals surface area contributed by atoms with Crippen LogP contribution >= 0.6 is 11.8 Å². The molecule has 0 N–H and O–H groups in total. The molecule has 9 heteroatoms. The van der Waals surface area contributed by atoms with Crippen LogP contribution in [0.3, 0.4) is 0 Å². The average molecular weight is 488 g/mol. The largest absolute Gasteiger partial charge is 0.486 e. The number of hydrogen-bond acceptors (Lipinski definition) is 7. The lowest BCUT2D eigenvalue weighted by Crippen LogP contribution is -2.28. The van der Waals surface area contributed by atoms with Gasteiger partial charge in [-0.25, -0.2) is 0 Å². The number of nitrogens with zero attached hydrogens (tertiary/aromatic N) is 5. The van der Waals surface area contributed by atoms with Gasteiger partial charge in [0.25, 0.3) is 0 Å². The van der Waals surface area contributed by atoms with Crippen LogP contribution in [0.4, 0.5) is 0 Å². The molecule has 0 saturated heterocycles. The lowest BCUT2D eigenvalue weighted by molar-refractivity contribution is -0.127. The van der Waals surface area contributed by atoms with E-state index in [2.05, 4.69) is 27.3 Å². The molecule has 2 aromatic carbocycles. The zero-order valence-corrected chi connectivity index (χ0v) is 20.1. The summed E-state index contributed by atoms with van der Waals surface area (Å²) in [7, 11) is 1.80. The summed E-state index contributed by atoms with van der Waals surface area (Å²) in [6, 6.07) is 19.7. The fourth-order valence-electron chi connectivity index (χ4n) is 3.80. The Morgan fingerprint density at radius 1 is 1.00 bits per heavy atom. The second kappa shape index (κ2) is 10.6. The van der Waals surface area contributed by atoms with Crippen molar-refractivity contribution in [1.82, 2.24) is 24.6 Å². The maximum absolute atomic E-state index is 12.9. The number of thioether (sulfide) groups is 1. The molecule has 0 unspecified atom stereocenters. The zero-order valence-electron chi connectivity index (χ0n) is 19.3. The van der Waals surface area contributed by atoms with Crippen molar-refractivity contribution in [2.75, 3.05) is 26.0 Å². The molecule has 4 aromatic rings. The van der Waals surface area contributed by atoms with E-state index in [0.29, 0.717) is 31.5 Å². The van der Waals surface area contributed by atoms with E-state index in [1.165, 1.54) is 11.8 Å². The van der Waals surface area contributed by atoms with Crippen LogP contribution < -0.4 is 9.47 Å². The number of ether oxygens (including phenoxy) is 2. The third kappa shape index (κ3) is 5.46. The van der Waals surface area contributed by atoms with Crippen LogP contribution in [-0.2, 0) is 17.9 Å². The minimum absolute atomic E-state index is 0.00192. The molecule has 3 heterocycles. The van der Waals surface area contributed by atoms with E-state index in [4.69, 9.17) is 9.47 Å². The quantitative estimate of drug-likeness (QED) is 0.349. The second-order valence-corrected chi connectivity index (χ2v) is 9.08. The van der Waals surface area contributed by atoms with Gasteiger partial charge in [-0.15, -0.1) is 10.2 Å². The molecule has 0 spiro atoms. The van der Waals surface area contributed by atoms with Gasteiger partial charge in [0.15, 0.2) is 22.5 Å². The van der Waals surface area contributed by atoms with Gasteiger partial charge in [0.1, 0.15) is 13.2 Å². The van der Waals surface area contributed by atoms with E-state index in [-0.39, 0.29) is 11.7 Å². The molecular weight excluding hydrogens is 462 g/mol. The first-order valence-electron chi connectivity index (χ1n) is 11.3. The molecule has 0 fully saturated rings. The Balaban J connectivity index is 1.28. The molecule has 2 aromatic heterocycles. The van der Waals surface area contributed by atoms with Gasteiger partial charge >= 0.3 is 0 Å². The molecule has 178 valence electrons. The minimum atomic E-state index is 0.00192. The Bertz CT molecular complexity index is 1300. The molecule has 1 amide bonds. The SMILES string of the molecule is CN(Cc1ccc2c(c1)OCCO2)C(=O)CSc1nnc(-c2cccnc2)n1Cc1ccccc1. The van der Waals surface area contributed by atoms with E-state index >= 15 is 0 Å². The molecular formula is C26H25N5O3S. The molecule has 0 radical (unpaired) electrons. The Morgan fingerprint density at radius 3 is 2.63 bits per heavy atom. The van der Waals surface area contributed by atoms with Gasteiger partial charge in [0.05, 0.1) is 12.3 Å². The lowest BCUT2D eigenvalue weighted by Gasteiger charge is -2.21. The lowest BCUT2D eigenvalue weighted by atomic mass is 10.2. The molecule has 0 aliphatic carbocycles. The van der Waals surface area contributed by atoms with E-state index < -0.39 is 0 Å². The highest BCUT2D eigenvalue weighted by Crippen LogP contribution is 2.31. The molecule has 8 nitrogen and oxygen atoms in total. The predicted molar refractivity (Wildman–Crippen MR) is 133 cm³/mol. The second-order valence-electron chi connectivity index (χ2n) is 8.14. The van der Waals surface area contributed by atoms with Crippen LogP contribution in [-0.4, -0.2) is 56.6 Å². The summed E-state index contributed by atoms with van der Waals surface area (Å²) in [5.74, 6) is 2.44. The van der Waals surface area contributed by atoms with Crippen LogP contribution in [0, 0.1) is 0 Å². The van der Waals surface area contributed by atoms with E-state index in [0.717, 1.165) is 34.0 Å². The monoisotopic (exact) mass is 487 g/mol. The van der Waals surface area contributed by atoms with Gasteiger partial charge in [-0.1, -0.05) is 48.2 Å². The zero-order chi connectivity index (χ0) is 24.0. The predicted octanol–water partition coefficient (Wildman–Crippen LogP) is 3.91. The number of fused-ring (bicyclic) bond motifs is 1. The first kappa shape index (κ1) is 22.9. The van der Waals surface area contributed by atoms with Crippen molar-refractivity contribution < 1.29 is 14.3 Å². The summed E-state index contributed by atoms with van der Waals surface area (Å²) in [4.78, 5) is 18.9. The van der Waals surface area contributed by atoms with Crippen molar-refractivity contribution in [3.05, 3.63) is 84.2 Å². The maximum atomic E-state index is 12.9. The summed E-state index contributed by atoms with van der Waals surface area (Å²) in [5, 5.41) is 9.50. The molecule has 1 aliphatic rings. The number of hydrogen-bond donors (Lipinski definition) is 0. The highest BCUT2D eigenvalue weighted by atomic mass is 32.2. The molecule has 0 atom stereocenters. The van der Waals surface area contributed by atoms with Crippen LogP contribution in [0.2, 0.25) is 0 Å². The van der Waals surface area contributed by atoms with Crippen LogP contribution in [0.25, 0.3) is 11.4 Å². The van der Waals surface area contributed by atoms with Crippen molar-refractivity contribution >= 4 is 17.7 Å². The maximum Gasteiger partial charge on any atom is 0.233 e. The number of benzene rings is 2. The number of rotatable bonds is 8. The summed E-state index contributed by atoms with van der Waals surface area (Å²) < 4.78 is 13.3. The first-order valence-corrected chi connectivity index (χ1v) is 12.3. The van der Waals surface area contributed by atoms with Crippen LogP contribution in [0.15, 0.2) is 78.2 Å². The number of carbonyl (C=O) groups is 1. The van der Waals surface area contributed by atoms with E-state index in [1.54, 1.807) is 24.3 Å². The summed E-state index contributed by atoms with van der Waals surface area (Å²) in [5.41, 5.74) is 2.99. The molecule has 1 aliphatic heterocycles. The average Bonchev–Trinajstić information content (AvgIpc) is 3.30. The molecule has 5 rings (SSSR count). The van der Waals surface area contributed by atoms with Gasteiger partial charge in [-0.05, 0) is 35.4 Å². The number of carbonyl (C=O) groups excluding carboxylic acids is 1.